The first-order valence-corrected chi connectivity index (χ1v) is 5.16. The third kappa shape index (κ3) is 7.34. The Balaban J connectivity index is 0. The highest BCUT2D eigenvalue weighted by molar-refractivity contribution is 5.87. The third-order valence-corrected chi connectivity index (χ3v) is 2.10. The van der Waals surface area contributed by atoms with Crippen molar-refractivity contribution in [3.05, 3.63) is 42.0 Å². The van der Waals surface area contributed by atoms with Gasteiger partial charge in [0, 0.05) is 6.08 Å². The highest BCUT2D eigenvalue weighted by Gasteiger charge is 2.02. The molecule has 96 valence electrons. The van der Waals surface area contributed by atoms with Crippen molar-refractivity contribution in [2.75, 3.05) is 0 Å². The highest BCUT2D eigenvalue weighted by Crippen LogP contribution is 2.02. The molecule has 0 aliphatic rings. The first-order valence-electron chi connectivity index (χ1n) is 5.16. The van der Waals surface area contributed by atoms with Crippen LogP contribution >= 0.6 is 0 Å². The van der Waals surface area contributed by atoms with E-state index in [2.05, 4.69) is 0 Å². The Morgan fingerprint density at radius 2 is 1.88 bits per heavy atom. The summed E-state index contributed by atoms with van der Waals surface area (Å²) < 4.78 is 5.10. The van der Waals surface area contributed by atoms with E-state index < -0.39 is 0 Å². The first kappa shape index (κ1) is 17.8. The van der Waals surface area contributed by atoms with E-state index in [-0.39, 0.29) is 26.9 Å². The van der Waals surface area contributed by atoms with Crippen LogP contribution in [0.3, 0.4) is 0 Å². The largest absolute Gasteiger partial charge is 0.460 e. The molecule has 1 aromatic rings. The van der Waals surface area contributed by atoms with Gasteiger partial charge in [0.15, 0.2) is 0 Å². The second-order valence-electron chi connectivity index (χ2n) is 3.40. The molecule has 0 saturated heterocycles. The molecule has 1 aromatic carbocycles. The molecule has 17 heavy (non-hydrogen) atoms. The molecule has 0 heterocycles. The second kappa shape index (κ2) is 9.64. The molecule has 0 amide bonds. The van der Waals surface area contributed by atoms with Crippen molar-refractivity contribution in [3.8, 4) is 0 Å². The van der Waals surface area contributed by atoms with Crippen molar-refractivity contribution in [2.45, 2.75) is 41.2 Å². The van der Waals surface area contributed by atoms with Gasteiger partial charge in [0.2, 0.25) is 0 Å². The second-order valence-corrected chi connectivity index (χ2v) is 3.40. The maximum Gasteiger partial charge on any atom is 0.331 e. The molecule has 0 aliphatic heterocycles. The SMILES string of the molecule is C.C.CCC(C)OC(=O)C=Cc1ccccc1. The lowest BCUT2D eigenvalue weighted by Gasteiger charge is -2.07. The Morgan fingerprint density at radius 3 is 2.41 bits per heavy atom. The lowest BCUT2D eigenvalue weighted by Crippen LogP contribution is -2.11. The molecule has 0 radical (unpaired) electrons. The molecule has 0 aliphatic carbocycles. The zero-order valence-electron chi connectivity index (χ0n) is 9.14. The van der Waals surface area contributed by atoms with Gasteiger partial charge in [-0.15, -0.1) is 0 Å². The molecule has 2 heteroatoms. The number of carbonyl (C=O) groups is 1. The Kier molecular flexibility index (Phi) is 10.1. The molecule has 0 aromatic heterocycles. The Bertz CT molecular complexity index is 328. The number of benzene rings is 1. The van der Waals surface area contributed by atoms with Crippen molar-refractivity contribution >= 4 is 12.0 Å². The van der Waals surface area contributed by atoms with Crippen LogP contribution in [-0.2, 0) is 9.53 Å². The van der Waals surface area contributed by atoms with E-state index in [9.17, 15) is 4.79 Å². The topological polar surface area (TPSA) is 26.3 Å². The summed E-state index contributed by atoms with van der Waals surface area (Å²) in [6, 6.07) is 9.67. The van der Waals surface area contributed by atoms with Gasteiger partial charge in [-0.2, -0.15) is 0 Å². The quantitative estimate of drug-likeness (QED) is 0.575. The molecule has 0 bridgehead atoms. The number of ether oxygens (including phenoxy) is 1. The third-order valence-electron chi connectivity index (χ3n) is 2.10. The highest BCUT2D eigenvalue weighted by atomic mass is 16.5. The minimum Gasteiger partial charge on any atom is -0.460 e. The summed E-state index contributed by atoms with van der Waals surface area (Å²) in [5.41, 5.74) is 0.999. The molecule has 2 nitrogen and oxygen atoms in total. The summed E-state index contributed by atoms with van der Waals surface area (Å²) in [5.74, 6) is -0.284. The number of esters is 1. The van der Waals surface area contributed by atoms with Gasteiger partial charge < -0.3 is 4.74 Å². The average molecular weight is 236 g/mol. The molecular weight excluding hydrogens is 212 g/mol. The number of rotatable bonds is 4. The number of hydrogen-bond donors (Lipinski definition) is 0. The Labute approximate surface area is 105 Å². The van der Waals surface area contributed by atoms with Crippen LogP contribution in [0.15, 0.2) is 36.4 Å². The smallest absolute Gasteiger partial charge is 0.331 e. The van der Waals surface area contributed by atoms with E-state index in [0.29, 0.717) is 0 Å². The van der Waals surface area contributed by atoms with Crippen molar-refractivity contribution in [3.63, 3.8) is 0 Å². The standard InChI is InChI=1S/C13H16O2.2CH4/c1-3-11(2)15-13(14)10-9-12-7-5-4-6-8-12;;/h4-11H,3H2,1-2H3;2*1H4. The molecule has 0 spiro atoms. The van der Waals surface area contributed by atoms with Crippen LogP contribution in [0.1, 0.15) is 40.7 Å². The molecular formula is C15H24O2. The van der Waals surface area contributed by atoms with Crippen LogP contribution in [0.2, 0.25) is 0 Å². The van der Waals surface area contributed by atoms with Gasteiger partial charge in [0.05, 0.1) is 6.10 Å². The van der Waals surface area contributed by atoms with E-state index in [0.717, 1.165) is 12.0 Å². The zero-order chi connectivity index (χ0) is 11.1. The summed E-state index contributed by atoms with van der Waals surface area (Å²) >= 11 is 0. The normalized spacial score (nSPS) is 11.2. The van der Waals surface area contributed by atoms with Crippen LogP contribution in [0.4, 0.5) is 0 Å². The molecule has 1 atom stereocenters. The zero-order valence-corrected chi connectivity index (χ0v) is 9.14. The minimum absolute atomic E-state index is 0. The van der Waals surface area contributed by atoms with Gasteiger partial charge >= 0.3 is 5.97 Å². The van der Waals surface area contributed by atoms with Crippen LogP contribution < -0.4 is 0 Å². The predicted octanol–water partition coefficient (Wildman–Crippen LogP) is 4.31. The fourth-order valence-corrected chi connectivity index (χ4v) is 1.05. The Hall–Kier alpha value is -1.57. The van der Waals surface area contributed by atoms with Crippen molar-refractivity contribution < 1.29 is 9.53 Å². The van der Waals surface area contributed by atoms with Gasteiger partial charge in [-0.3, -0.25) is 0 Å². The van der Waals surface area contributed by atoms with Crippen LogP contribution in [0, 0.1) is 0 Å². The Morgan fingerprint density at radius 1 is 1.29 bits per heavy atom. The van der Waals surface area contributed by atoms with E-state index in [1.165, 1.54) is 6.08 Å². The maximum atomic E-state index is 11.3. The van der Waals surface area contributed by atoms with Crippen LogP contribution in [0.25, 0.3) is 6.08 Å². The fraction of sp³-hybridized carbons (Fsp3) is 0.400. The van der Waals surface area contributed by atoms with E-state index in [4.69, 9.17) is 4.74 Å². The average Bonchev–Trinajstić information content (AvgIpc) is 2.27. The monoisotopic (exact) mass is 236 g/mol. The first-order chi connectivity index (χ1) is 7.22. The van der Waals surface area contributed by atoms with Gasteiger partial charge in [-0.1, -0.05) is 52.1 Å². The molecule has 1 rings (SSSR count). The van der Waals surface area contributed by atoms with Gasteiger partial charge in [0.1, 0.15) is 0 Å². The van der Waals surface area contributed by atoms with Crippen molar-refractivity contribution in [2.24, 2.45) is 0 Å². The van der Waals surface area contributed by atoms with Crippen LogP contribution in [-0.4, -0.2) is 12.1 Å². The van der Waals surface area contributed by atoms with E-state index >= 15 is 0 Å². The summed E-state index contributed by atoms with van der Waals surface area (Å²) in [4.78, 5) is 11.3. The summed E-state index contributed by atoms with van der Waals surface area (Å²) in [7, 11) is 0. The molecule has 0 N–H and O–H groups in total. The lowest BCUT2D eigenvalue weighted by molar-refractivity contribution is -0.142. The lowest BCUT2D eigenvalue weighted by atomic mass is 10.2. The maximum absolute atomic E-state index is 11.3. The minimum atomic E-state index is -0.284. The predicted molar refractivity (Wildman–Crippen MR) is 74.8 cm³/mol. The molecule has 1 unspecified atom stereocenters. The fourth-order valence-electron chi connectivity index (χ4n) is 1.05. The summed E-state index contributed by atoms with van der Waals surface area (Å²) in [6.45, 7) is 3.87. The van der Waals surface area contributed by atoms with Gasteiger partial charge in [0.25, 0.3) is 0 Å². The molecule has 0 saturated carbocycles. The van der Waals surface area contributed by atoms with Crippen molar-refractivity contribution in [1.29, 1.82) is 0 Å². The number of carbonyl (C=O) groups excluding carboxylic acids is 1. The van der Waals surface area contributed by atoms with Crippen molar-refractivity contribution in [1.82, 2.24) is 0 Å². The van der Waals surface area contributed by atoms with Gasteiger partial charge in [-0.25, -0.2) is 4.79 Å². The summed E-state index contributed by atoms with van der Waals surface area (Å²) in [6.07, 6.45) is 4.04. The van der Waals surface area contributed by atoms with Crippen LogP contribution in [0.5, 0.6) is 0 Å². The molecule has 0 fully saturated rings. The summed E-state index contributed by atoms with van der Waals surface area (Å²) in [5, 5.41) is 0. The number of hydrogen-bond acceptors (Lipinski definition) is 2. The van der Waals surface area contributed by atoms with E-state index in [1.54, 1.807) is 6.08 Å². The van der Waals surface area contributed by atoms with Gasteiger partial charge in [-0.05, 0) is 25.0 Å². The van der Waals surface area contributed by atoms with E-state index in [1.807, 2.05) is 44.2 Å².